The van der Waals surface area contributed by atoms with Crippen LogP contribution in [0.25, 0.3) is 11.1 Å². The van der Waals surface area contributed by atoms with Gasteiger partial charge < -0.3 is 19.6 Å². The molecule has 0 bridgehead atoms. The van der Waals surface area contributed by atoms with Gasteiger partial charge in [-0.1, -0.05) is 36.4 Å². The van der Waals surface area contributed by atoms with Gasteiger partial charge in [0.15, 0.2) is 5.58 Å². The van der Waals surface area contributed by atoms with E-state index in [4.69, 9.17) is 9.15 Å². The number of hydrogen-bond acceptors (Lipinski definition) is 5. The van der Waals surface area contributed by atoms with Crippen molar-refractivity contribution < 1.29 is 19.1 Å². The molecule has 0 radical (unpaired) electrons. The number of benzene rings is 2. The van der Waals surface area contributed by atoms with Crippen molar-refractivity contribution in [3.05, 3.63) is 65.5 Å². The van der Waals surface area contributed by atoms with Crippen molar-refractivity contribution in [2.24, 2.45) is 0 Å². The number of carbonyl (C=O) groups excluding carboxylic acids is 1. The molecule has 2 aromatic carbocycles. The molecule has 1 heterocycles. The Kier molecular flexibility index (Phi) is 5.00. The molecule has 3 aromatic rings. The summed E-state index contributed by atoms with van der Waals surface area (Å²) in [6.07, 6.45) is -1.68. The Balaban J connectivity index is 1.59. The standard InChI is InChI=1S/C19H20N2O4/c1-12-8-9-15-16(10-12)25-18(21-15)17(22)13(2)20-19(23)24-11-14-6-4-3-5-7-14/h3-10,13,17,22H,11H2,1-2H3,(H,20,23)/t13-,17?/m0/s1. The number of carbonyl (C=O) groups is 1. The van der Waals surface area contributed by atoms with Crippen LogP contribution in [0.1, 0.15) is 30.0 Å². The molecule has 0 aliphatic rings. The second-order valence-corrected chi connectivity index (χ2v) is 5.96. The minimum Gasteiger partial charge on any atom is -0.445 e. The van der Waals surface area contributed by atoms with Gasteiger partial charge in [0.1, 0.15) is 18.2 Å². The number of aliphatic hydroxyl groups is 1. The van der Waals surface area contributed by atoms with Crippen LogP contribution in [0.5, 0.6) is 0 Å². The molecular weight excluding hydrogens is 320 g/mol. The van der Waals surface area contributed by atoms with Crippen LogP contribution in [-0.4, -0.2) is 22.2 Å². The molecule has 1 aromatic heterocycles. The van der Waals surface area contributed by atoms with Crippen LogP contribution in [0.15, 0.2) is 52.9 Å². The lowest BCUT2D eigenvalue weighted by molar-refractivity contribution is 0.0919. The number of amides is 1. The first-order chi connectivity index (χ1) is 12.0. The highest BCUT2D eigenvalue weighted by molar-refractivity contribution is 5.73. The van der Waals surface area contributed by atoms with Crippen LogP contribution in [0, 0.1) is 6.92 Å². The number of nitrogens with one attached hydrogen (secondary N) is 1. The number of aromatic nitrogens is 1. The highest BCUT2D eigenvalue weighted by atomic mass is 16.5. The van der Waals surface area contributed by atoms with Crippen LogP contribution in [0.2, 0.25) is 0 Å². The first kappa shape index (κ1) is 17.0. The molecule has 1 amide bonds. The summed E-state index contributed by atoms with van der Waals surface area (Å²) >= 11 is 0. The lowest BCUT2D eigenvalue weighted by atomic mass is 10.2. The van der Waals surface area contributed by atoms with E-state index in [0.717, 1.165) is 11.1 Å². The Morgan fingerprint density at radius 2 is 2.04 bits per heavy atom. The lowest BCUT2D eigenvalue weighted by Crippen LogP contribution is -2.37. The van der Waals surface area contributed by atoms with E-state index >= 15 is 0 Å². The van der Waals surface area contributed by atoms with Gasteiger partial charge in [-0.05, 0) is 37.1 Å². The number of aryl methyl sites for hydroxylation is 1. The number of alkyl carbamates (subject to hydrolysis) is 1. The number of oxazole rings is 1. The summed E-state index contributed by atoms with van der Waals surface area (Å²) in [6.45, 7) is 3.77. The zero-order valence-corrected chi connectivity index (χ0v) is 14.1. The maximum Gasteiger partial charge on any atom is 0.407 e. The number of hydrogen-bond donors (Lipinski definition) is 2. The molecule has 25 heavy (non-hydrogen) atoms. The van der Waals surface area contributed by atoms with Crippen LogP contribution >= 0.6 is 0 Å². The second kappa shape index (κ2) is 7.36. The van der Waals surface area contributed by atoms with Crippen molar-refractivity contribution in [3.63, 3.8) is 0 Å². The highest BCUT2D eigenvalue weighted by Gasteiger charge is 2.24. The maximum atomic E-state index is 11.9. The molecular formula is C19H20N2O4. The predicted octanol–water partition coefficient (Wildman–Crippen LogP) is 3.48. The summed E-state index contributed by atoms with van der Waals surface area (Å²) in [4.78, 5) is 16.2. The van der Waals surface area contributed by atoms with E-state index in [2.05, 4.69) is 10.3 Å². The van der Waals surface area contributed by atoms with Crippen LogP contribution in [-0.2, 0) is 11.3 Å². The first-order valence-corrected chi connectivity index (χ1v) is 8.05. The molecule has 0 fully saturated rings. The Morgan fingerprint density at radius 3 is 2.80 bits per heavy atom. The summed E-state index contributed by atoms with van der Waals surface area (Å²) in [5.41, 5.74) is 3.20. The lowest BCUT2D eigenvalue weighted by Gasteiger charge is -2.17. The zero-order chi connectivity index (χ0) is 17.8. The summed E-state index contributed by atoms with van der Waals surface area (Å²) in [6, 6.07) is 14.4. The fourth-order valence-electron chi connectivity index (χ4n) is 2.42. The van der Waals surface area contributed by atoms with E-state index in [0.29, 0.717) is 11.1 Å². The van der Waals surface area contributed by atoms with Gasteiger partial charge >= 0.3 is 6.09 Å². The Bertz CT molecular complexity index is 860. The van der Waals surface area contributed by atoms with Crippen LogP contribution in [0.3, 0.4) is 0 Å². The molecule has 0 aliphatic heterocycles. The molecule has 1 unspecified atom stereocenters. The van der Waals surface area contributed by atoms with Crippen molar-refractivity contribution in [3.8, 4) is 0 Å². The van der Waals surface area contributed by atoms with E-state index in [-0.39, 0.29) is 12.5 Å². The average Bonchev–Trinajstić information content (AvgIpc) is 3.03. The van der Waals surface area contributed by atoms with E-state index in [9.17, 15) is 9.90 Å². The Morgan fingerprint density at radius 1 is 1.28 bits per heavy atom. The van der Waals surface area contributed by atoms with Gasteiger partial charge in [-0.25, -0.2) is 9.78 Å². The summed E-state index contributed by atoms with van der Waals surface area (Å²) in [7, 11) is 0. The Hall–Kier alpha value is -2.86. The van der Waals surface area contributed by atoms with Crippen molar-refractivity contribution in [1.82, 2.24) is 10.3 Å². The molecule has 0 saturated carbocycles. The van der Waals surface area contributed by atoms with Gasteiger partial charge in [-0.2, -0.15) is 0 Å². The normalized spacial score (nSPS) is 13.4. The molecule has 2 atom stereocenters. The van der Waals surface area contributed by atoms with E-state index < -0.39 is 18.2 Å². The monoisotopic (exact) mass is 340 g/mol. The number of fused-ring (bicyclic) bond motifs is 1. The average molecular weight is 340 g/mol. The van der Waals surface area contributed by atoms with Gasteiger partial charge in [0, 0.05) is 0 Å². The molecule has 0 aliphatic carbocycles. The predicted molar refractivity (Wildman–Crippen MR) is 92.9 cm³/mol. The van der Waals surface area contributed by atoms with Crippen LogP contribution in [0.4, 0.5) is 4.79 Å². The van der Waals surface area contributed by atoms with Crippen molar-refractivity contribution >= 4 is 17.2 Å². The van der Waals surface area contributed by atoms with Crippen molar-refractivity contribution in [2.45, 2.75) is 32.6 Å². The highest BCUT2D eigenvalue weighted by Crippen LogP contribution is 2.23. The van der Waals surface area contributed by atoms with Crippen molar-refractivity contribution in [1.29, 1.82) is 0 Å². The van der Waals surface area contributed by atoms with E-state index in [1.165, 1.54) is 0 Å². The number of nitrogens with zero attached hydrogens (tertiary/aromatic N) is 1. The fourth-order valence-corrected chi connectivity index (χ4v) is 2.42. The van der Waals surface area contributed by atoms with Gasteiger partial charge in [0.25, 0.3) is 0 Å². The third-order valence-electron chi connectivity index (χ3n) is 3.85. The van der Waals surface area contributed by atoms with Crippen molar-refractivity contribution in [2.75, 3.05) is 0 Å². The van der Waals surface area contributed by atoms with Gasteiger partial charge in [0.2, 0.25) is 5.89 Å². The molecule has 3 rings (SSSR count). The minimum atomic E-state index is -1.07. The van der Waals surface area contributed by atoms with Crippen LogP contribution < -0.4 is 5.32 Å². The molecule has 2 N–H and O–H groups in total. The van der Waals surface area contributed by atoms with E-state index in [1.807, 2.05) is 55.5 Å². The third kappa shape index (κ3) is 4.16. The number of rotatable bonds is 5. The summed E-state index contributed by atoms with van der Waals surface area (Å²) in [5.74, 6) is 0.163. The zero-order valence-electron chi connectivity index (χ0n) is 14.1. The molecule has 6 heteroatoms. The molecule has 0 spiro atoms. The SMILES string of the molecule is Cc1ccc2nc(C(O)[C@H](C)NC(=O)OCc3ccccc3)oc2c1. The molecule has 130 valence electrons. The maximum absolute atomic E-state index is 11.9. The first-order valence-electron chi connectivity index (χ1n) is 8.05. The number of ether oxygens (including phenoxy) is 1. The van der Waals surface area contributed by atoms with E-state index in [1.54, 1.807) is 6.92 Å². The largest absolute Gasteiger partial charge is 0.445 e. The van der Waals surface area contributed by atoms with Gasteiger partial charge in [0.05, 0.1) is 6.04 Å². The summed E-state index contributed by atoms with van der Waals surface area (Å²) < 4.78 is 10.7. The summed E-state index contributed by atoms with van der Waals surface area (Å²) in [5, 5.41) is 13.0. The smallest absolute Gasteiger partial charge is 0.407 e. The topological polar surface area (TPSA) is 84.6 Å². The fraction of sp³-hybridized carbons (Fsp3) is 0.263. The van der Waals surface area contributed by atoms with Gasteiger partial charge in [-0.15, -0.1) is 0 Å². The second-order valence-electron chi connectivity index (χ2n) is 5.96. The quantitative estimate of drug-likeness (QED) is 0.743. The molecule has 0 saturated heterocycles. The van der Waals surface area contributed by atoms with Gasteiger partial charge in [-0.3, -0.25) is 0 Å². The minimum absolute atomic E-state index is 0.163. The third-order valence-corrected chi connectivity index (χ3v) is 3.85. The number of aliphatic hydroxyl groups excluding tert-OH is 1. The molecule has 6 nitrogen and oxygen atoms in total. The Labute approximate surface area is 145 Å².